The van der Waals surface area contributed by atoms with Crippen LogP contribution in [0.15, 0.2) is 47.5 Å². The summed E-state index contributed by atoms with van der Waals surface area (Å²) in [7, 11) is -3.62. The minimum atomic E-state index is -3.62. The number of pyridine rings is 1. The predicted molar refractivity (Wildman–Crippen MR) is 106 cm³/mol. The van der Waals surface area contributed by atoms with Crippen LogP contribution >= 0.6 is 0 Å². The van der Waals surface area contributed by atoms with Crippen LogP contribution in [0.25, 0.3) is 0 Å². The van der Waals surface area contributed by atoms with E-state index in [0.717, 1.165) is 30.6 Å². The van der Waals surface area contributed by atoms with Crippen LogP contribution in [0.2, 0.25) is 0 Å². The Morgan fingerprint density at radius 3 is 2.50 bits per heavy atom. The average molecular weight is 374 g/mol. The first-order chi connectivity index (χ1) is 12.5. The molecule has 0 spiro atoms. The highest BCUT2D eigenvalue weighted by molar-refractivity contribution is 7.92. The Morgan fingerprint density at radius 1 is 1.12 bits per heavy atom. The lowest BCUT2D eigenvalue weighted by Crippen LogP contribution is -2.39. The van der Waals surface area contributed by atoms with Gasteiger partial charge in [-0.05, 0) is 61.9 Å². The van der Waals surface area contributed by atoms with Gasteiger partial charge in [-0.1, -0.05) is 26.0 Å². The molecule has 140 valence electrons. The number of piperidine rings is 1. The second-order valence-corrected chi connectivity index (χ2v) is 8.44. The summed E-state index contributed by atoms with van der Waals surface area (Å²) in [6, 6.07) is 11.2. The fourth-order valence-electron chi connectivity index (χ4n) is 3.48. The number of benzene rings is 1. The normalized spacial score (nSPS) is 17.9. The maximum absolute atomic E-state index is 12.5. The number of nitrogens with one attached hydrogen (secondary N) is 1. The Hall–Kier alpha value is -2.08. The summed E-state index contributed by atoms with van der Waals surface area (Å²) < 4.78 is 27.6. The van der Waals surface area contributed by atoms with Gasteiger partial charge in [0.05, 0.1) is 16.8 Å². The zero-order valence-corrected chi connectivity index (χ0v) is 16.3. The fourth-order valence-corrected chi connectivity index (χ4v) is 4.49. The van der Waals surface area contributed by atoms with E-state index in [-0.39, 0.29) is 4.90 Å². The summed E-state index contributed by atoms with van der Waals surface area (Å²) in [5.74, 6) is 0.346. The standard InChI is InChI=1S/C20H27N3O2S/c1-3-16-8-11-19(12-9-16)26(24,25)22-20-13-10-18(15-21-20)23-14-6-5-7-17(23)4-2/h8-13,15,17H,3-7,14H2,1-2H3,(H,21,22). The van der Waals surface area contributed by atoms with Crippen LogP contribution in [0.1, 0.15) is 45.1 Å². The average Bonchev–Trinajstić information content (AvgIpc) is 2.68. The zero-order chi connectivity index (χ0) is 18.6. The van der Waals surface area contributed by atoms with Crippen LogP contribution < -0.4 is 9.62 Å². The molecule has 0 saturated carbocycles. The Morgan fingerprint density at radius 2 is 1.88 bits per heavy atom. The predicted octanol–water partition coefficient (Wildman–Crippen LogP) is 4.21. The molecule has 26 heavy (non-hydrogen) atoms. The maximum atomic E-state index is 12.5. The van der Waals surface area contributed by atoms with Gasteiger partial charge in [-0.15, -0.1) is 0 Å². The second kappa shape index (κ2) is 8.08. The number of aryl methyl sites for hydroxylation is 1. The smallest absolute Gasteiger partial charge is 0.263 e. The topological polar surface area (TPSA) is 62.3 Å². The molecule has 1 aromatic heterocycles. The van der Waals surface area contributed by atoms with Gasteiger partial charge in [0.2, 0.25) is 0 Å². The molecule has 1 unspecified atom stereocenters. The van der Waals surface area contributed by atoms with E-state index in [9.17, 15) is 8.42 Å². The molecule has 2 heterocycles. The van der Waals surface area contributed by atoms with E-state index in [4.69, 9.17) is 0 Å². The van der Waals surface area contributed by atoms with Gasteiger partial charge in [0.25, 0.3) is 10.0 Å². The molecule has 1 atom stereocenters. The van der Waals surface area contributed by atoms with Crippen molar-refractivity contribution in [1.29, 1.82) is 0 Å². The lowest BCUT2D eigenvalue weighted by atomic mass is 9.99. The van der Waals surface area contributed by atoms with E-state index in [0.29, 0.717) is 11.9 Å². The highest BCUT2D eigenvalue weighted by Gasteiger charge is 2.21. The van der Waals surface area contributed by atoms with Crippen LogP contribution in [0, 0.1) is 0 Å². The van der Waals surface area contributed by atoms with Gasteiger partial charge in [-0.2, -0.15) is 0 Å². The molecule has 1 saturated heterocycles. The van der Waals surface area contributed by atoms with Crippen molar-refractivity contribution in [3.05, 3.63) is 48.2 Å². The summed E-state index contributed by atoms with van der Waals surface area (Å²) in [4.78, 5) is 6.97. The fraction of sp³-hybridized carbons (Fsp3) is 0.450. The van der Waals surface area contributed by atoms with Crippen molar-refractivity contribution in [2.75, 3.05) is 16.2 Å². The molecule has 1 N–H and O–H groups in total. The lowest BCUT2D eigenvalue weighted by molar-refractivity contribution is 0.449. The Kier molecular flexibility index (Phi) is 5.81. The van der Waals surface area contributed by atoms with E-state index >= 15 is 0 Å². The summed E-state index contributed by atoms with van der Waals surface area (Å²) in [5.41, 5.74) is 2.17. The zero-order valence-electron chi connectivity index (χ0n) is 15.5. The van der Waals surface area contributed by atoms with Gasteiger partial charge < -0.3 is 4.90 Å². The van der Waals surface area contributed by atoms with E-state index in [2.05, 4.69) is 21.5 Å². The first kappa shape index (κ1) is 18.7. The van der Waals surface area contributed by atoms with Crippen molar-refractivity contribution >= 4 is 21.5 Å². The van der Waals surface area contributed by atoms with Crippen LogP contribution in [0.4, 0.5) is 11.5 Å². The maximum Gasteiger partial charge on any atom is 0.263 e. The Balaban J connectivity index is 1.73. The molecular weight excluding hydrogens is 346 g/mol. The third kappa shape index (κ3) is 4.18. The lowest BCUT2D eigenvalue weighted by Gasteiger charge is -2.37. The second-order valence-electron chi connectivity index (χ2n) is 6.76. The van der Waals surface area contributed by atoms with Crippen molar-refractivity contribution in [2.45, 2.75) is 56.9 Å². The van der Waals surface area contributed by atoms with Gasteiger partial charge in [0.15, 0.2) is 0 Å². The van der Waals surface area contributed by atoms with Crippen molar-refractivity contribution < 1.29 is 8.42 Å². The first-order valence-corrected chi connectivity index (χ1v) is 10.9. The number of nitrogens with zero attached hydrogens (tertiary/aromatic N) is 2. The number of hydrogen-bond acceptors (Lipinski definition) is 4. The number of aromatic nitrogens is 1. The molecule has 2 aromatic rings. The molecule has 3 rings (SSSR count). The SMILES string of the molecule is CCc1ccc(S(=O)(=O)Nc2ccc(N3CCCCC3CC)cn2)cc1. The van der Waals surface area contributed by atoms with Crippen LogP contribution in [-0.2, 0) is 16.4 Å². The van der Waals surface area contributed by atoms with Crippen molar-refractivity contribution in [2.24, 2.45) is 0 Å². The van der Waals surface area contributed by atoms with Crippen molar-refractivity contribution in [3.8, 4) is 0 Å². The van der Waals surface area contributed by atoms with Gasteiger partial charge >= 0.3 is 0 Å². The molecule has 0 aliphatic carbocycles. The monoisotopic (exact) mass is 373 g/mol. The number of sulfonamides is 1. The number of rotatable bonds is 6. The highest BCUT2D eigenvalue weighted by Crippen LogP contribution is 2.27. The van der Waals surface area contributed by atoms with Gasteiger partial charge in [-0.3, -0.25) is 4.72 Å². The third-order valence-electron chi connectivity index (χ3n) is 5.06. The molecule has 1 fully saturated rings. The first-order valence-electron chi connectivity index (χ1n) is 9.38. The van der Waals surface area contributed by atoms with Crippen LogP contribution in [0.5, 0.6) is 0 Å². The summed E-state index contributed by atoms with van der Waals surface area (Å²) >= 11 is 0. The van der Waals surface area contributed by atoms with E-state index in [1.807, 2.05) is 25.1 Å². The summed E-state index contributed by atoms with van der Waals surface area (Å²) in [6.07, 6.45) is 7.44. The third-order valence-corrected chi connectivity index (χ3v) is 6.43. The molecule has 0 radical (unpaired) electrons. The van der Waals surface area contributed by atoms with Crippen molar-refractivity contribution in [1.82, 2.24) is 4.98 Å². The number of anilines is 2. The molecule has 1 aromatic carbocycles. The molecule has 1 aliphatic rings. The van der Waals surface area contributed by atoms with Crippen LogP contribution in [0.3, 0.4) is 0 Å². The highest BCUT2D eigenvalue weighted by atomic mass is 32.2. The molecule has 6 heteroatoms. The van der Waals surface area contributed by atoms with E-state index in [1.165, 1.54) is 19.3 Å². The minimum Gasteiger partial charge on any atom is -0.367 e. The van der Waals surface area contributed by atoms with Gasteiger partial charge in [0.1, 0.15) is 5.82 Å². The quantitative estimate of drug-likeness (QED) is 0.824. The minimum absolute atomic E-state index is 0.252. The van der Waals surface area contributed by atoms with Crippen LogP contribution in [-0.4, -0.2) is 26.0 Å². The van der Waals surface area contributed by atoms with Gasteiger partial charge in [-0.25, -0.2) is 13.4 Å². The van der Waals surface area contributed by atoms with E-state index in [1.54, 1.807) is 24.4 Å². The van der Waals surface area contributed by atoms with Gasteiger partial charge in [0, 0.05) is 12.6 Å². The summed E-state index contributed by atoms with van der Waals surface area (Å²) in [6.45, 7) is 5.29. The summed E-state index contributed by atoms with van der Waals surface area (Å²) in [5, 5.41) is 0. The Bertz CT molecular complexity index is 817. The molecule has 1 aliphatic heterocycles. The number of hydrogen-bond donors (Lipinski definition) is 1. The molecule has 0 bridgehead atoms. The Labute approximate surface area is 156 Å². The molecule has 5 nitrogen and oxygen atoms in total. The largest absolute Gasteiger partial charge is 0.367 e. The molecule has 0 amide bonds. The van der Waals surface area contributed by atoms with E-state index < -0.39 is 10.0 Å². The molecular formula is C20H27N3O2S. The van der Waals surface area contributed by atoms with Crippen molar-refractivity contribution in [3.63, 3.8) is 0 Å².